The molecule has 0 bridgehead atoms. The maximum Gasteiger partial charge on any atom is 0.117 e. The molecule has 0 aromatic heterocycles. The Hall–Kier alpha value is -1.51. The van der Waals surface area contributed by atoms with Crippen molar-refractivity contribution in [1.82, 2.24) is 0 Å². The van der Waals surface area contributed by atoms with Crippen molar-refractivity contribution in [3.8, 4) is 6.07 Å². The minimum Gasteiger partial charge on any atom is -0.389 e. The van der Waals surface area contributed by atoms with Gasteiger partial charge < -0.3 is 11.1 Å². The number of hydrogen-bond donors (Lipinski definition) is 3. The van der Waals surface area contributed by atoms with E-state index in [1.54, 1.807) is 0 Å². The third-order valence-corrected chi connectivity index (χ3v) is 2.17. The highest BCUT2D eigenvalue weighted by Crippen LogP contribution is 2.14. The van der Waals surface area contributed by atoms with Gasteiger partial charge in [-0.3, -0.25) is 0 Å². The Labute approximate surface area is 99.0 Å². The van der Waals surface area contributed by atoms with Crippen molar-refractivity contribution in [2.45, 2.75) is 0 Å². The van der Waals surface area contributed by atoms with Crippen LogP contribution in [0.15, 0.2) is 40.9 Å². The Bertz CT molecular complexity index is 432. The number of thiol groups is 1. The third kappa shape index (κ3) is 3.27. The topological polar surface area (TPSA) is 61.8 Å². The van der Waals surface area contributed by atoms with Crippen LogP contribution in [0.25, 0.3) is 0 Å². The lowest BCUT2D eigenvalue weighted by Crippen LogP contribution is -2.13. The summed E-state index contributed by atoms with van der Waals surface area (Å²) in [5.41, 5.74) is 6.37. The van der Waals surface area contributed by atoms with E-state index in [1.807, 2.05) is 36.4 Å². The number of nitriles is 1. The molecule has 1 aromatic rings. The molecule has 0 atom stereocenters. The van der Waals surface area contributed by atoms with Crippen LogP contribution in [0, 0.1) is 11.3 Å². The Morgan fingerprint density at radius 3 is 2.47 bits per heavy atom. The van der Waals surface area contributed by atoms with Crippen molar-refractivity contribution < 1.29 is 0 Å². The van der Waals surface area contributed by atoms with Gasteiger partial charge in [-0.2, -0.15) is 5.26 Å². The second-order valence-corrected chi connectivity index (χ2v) is 3.58. The lowest BCUT2D eigenvalue weighted by molar-refractivity contribution is 1.47. The highest BCUT2D eigenvalue weighted by Gasteiger charge is 2.05. The highest BCUT2D eigenvalue weighted by atomic mass is 32.1. The highest BCUT2D eigenvalue weighted by molar-refractivity contribution is 7.85. The Morgan fingerprint density at radius 1 is 1.40 bits per heavy atom. The molecule has 0 saturated carbocycles. The fourth-order valence-corrected chi connectivity index (χ4v) is 1.47. The maximum atomic E-state index is 8.78. The van der Waals surface area contributed by atoms with E-state index in [-0.39, 0.29) is 10.6 Å². The van der Waals surface area contributed by atoms with E-state index in [2.05, 4.69) is 17.9 Å². The molecular weight excluding hydrogens is 226 g/mol. The lowest BCUT2D eigenvalue weighted by atomic mass is 10.3. The van der Waals surface area contributed by atoms with Gasteiger partial charge in [0.2, 0.25) is 0 Å². The molecule has 0 aliphatic heterocycles. The molecule has 0 heterocycles. The van der Waals surface area contributed by atoms with Crippen LogP contribution in [0.5, 0.6) is 0 Å². The average molecular weight is 235 g/mol. The molecule has 5 heteroatoms. The number of nitrogens with zero attached hydrogens (tertiary/aromatic N) is 1. The summed E-state index contributed by atoms with van der Waals surface area (Å²) in [5, 5.41) is 12.1. The second-order valence-electron chi connectivity index (χ2n) is 2.69. The summed E-state index contributed by atoms with van der Waals surface area (Å²) in [7, 11) is 0. The van der Waals surface area contributed by atoms with Crippen LogP contribution in [-0.2, 0) is 0 Å². The Balaban J connectivity index is 2.92. The standard InChI is InChI=1S/C10H9N3S2/c11-6-8(9(12)14)10(15)13-7-4-2-1-3-5-7/h1-5,13,15H,(H2,12,14). The normalized spacial score (nSPS) is 11.2. The number of nitrogens with two attached hydrogens (primary N) is 1. The summed E-state index contributed by atoms with van der Waals surface area (Å²) in [4.78, 5) is 0.0333. The SMILES string of the molecule is N#CC(C(N)=S)=C(S)Nc1ccccc1. The van der Waals surface area contributed by atoms with Gasteiger partial charge >= 0.3 is 0 Å². The van der Waals surface area contributed by atoms with E-state index in [1.165, 1.54) is 0 Å². The van der Waals surface area contributed by atoms with Crippen molar-refractivity contribution in [2.75, 3.05) is 5.32 Å². The van der Waals surface area contributed by atoms with Crippen molar-refractivity contribution >= 4 is 35.5 Å². The minimum atomic E-state index is 0.0333. The molecule has 0 spiro atoms. The van der Waals surface area contributed by atoms with E-state index in [9.17, 15) is 0 Å². The van der Waals surface area contributed by atoms with Gasteiger partial charge in [0, 0.05) is 5.69 Å². The number of anilines is 1. The van der Waals surface area contributed by atoms with Gasteiger partial charge in [-0.1, -0.05) is 30.4 Å². The summed E-state index contributed by atoms with van der Waals surface area (Å²) in [6.45, 7) is 0. The smallest absolute Gasteiger partial charge is 0.117 e. The molecule has 1 rings (SSSR count). The monoisotopic (exact) mass is 235 g/mol. The summed E-state index contributed by atoms with van der Waals surface area (Å²) >= 11 is 8.85. The third-order valence-electron chi connectivity index (χ3n) is 1.63. The van der Waals surface area contributed by atoms with Crippen LogP contribution < -0.4 is 11.1 Å². The minimum absolute atomic E-state index is 0.0333. The van der Waals surface area contributed by atoms with Gasteiger partial charge in [0.15, 0.2) is 0 Å². The molecule has 15 heavy (non-hydrogen) atoms. The summed E-state index contributed by atoms with van der Waals surface area (Å²) in [6.07, 6.45) is 0. The summed E-state index contributed by atoms with van der Waals surface area (Å²) in [6, 6.07) is 11.2. The van der Waals surface area contributed by atoms with E-state index in [4.69, 9.17) is 23.2 Å². The molecule has 0 fully saturated rings. The zero-order chi connectivity index (χ0) is 11.3. The summed E-state index contributed by atoms with van der Waals surface area (Å²) < 4.78 is 0. The van der Waals surface area contributed by atoms with E-state index >= 15 is 0 Å². The number of hydrogen-bond acceptors (Lipinski definition) is 4. The molecule has 3 N–H and O–H groups in total. The first-order chi connectivity index (χ1) is 7.15. The number of thiocarbonyl (C=S) groups is 1. The van der Waals surface area contributed by atoms with Crippen LogP contribution in [0.2, 0.25) is 0 Å². The fourth-order valence-electron chi connectivity index (χ4n) is 0.945. The van der Waals surface area contributed by atoms with Gasteiger partial charge in [-0.05, 0) is 12.1 Å². The van der Waals surface area contributed by atoms with Crippen LogP contribution in [0.4, 0.5) is 5.69 Å². The molecule has 0 amide bonds. The number of rotatable bonds is 3. The number of para-hydroxylation sites is 1. The molecule has 0 radical (unpaired) electrons. The molecule has 76 valence electrons. The van der Waals surface area contributed by atoms with Crippen LogP contribution in [0.3, 0.4) is 0 Å². The first-order valence-electron chi connectivity index (χ1n) is 4.10. The molecule has 0 aliphatic carbocycles. The fraction of sp³-hybridized carbons (Fsp3) is 0. The van der Waals surface area contributed by atoms with Gasteiger partial charge in [0.1, 0.15) is 16.6 Å². The Morgan fingerprint density at radius 2 is 2.00 bits per heavy atom. The van der Waals surface area contributed by atoms with Crippen molar-refractivity contribution in [3.63, 3.8) is 0 Å². The quantitative estimate of drug-likeness (QED) is 0.325. The first-order valence-corrected chi connectivity index (χ1v) is 4.96. The Kier molecular flexibility index (Phi) is 4.16. The van der Waals surface area contributed by atoms with Gasteiger partial charge in [0.05, 0.1) is 5.03 Å². The largest absolute Gasteiger partial charge is 0.389 e. The molecular formula is C10H9N3S2. The maximum absolute atomic E-state index is 8.78. The van der Waals surface area contributed by atoms with Gasteiger partial charge in [-0.15, -0.1) is 12.6 Å². The van der Waals surface area contributed by atoms with Crippen LogP contribution in [-0.4, -0.2) is 4.99 Å². The first kappa shape index (κ1) is 11.6. The second kappa shape index (κ2) is 5.39. The van der Waals surface area contributed by atoms with Crippen molar-refractivity contribution in [2.24, 2.45) is 5.73 Å². The molecule has 0 saturated heterocycles. The van der Waals surface area contributed by atoms with Crippen molar-refractivity contribution in [3.05, 3.63) is 40.9 Å². The molecule has 0 unspecified atom stereocenters. The number of benzene rings is 1. The van der Waals surface area contributed by atoms with Crippen molar-refractivity contribution in [1.29, 1.82) is 5.26 Å². The van der Waals surface area contributed by atoms with E-state index in [0.29, 0.717) is 5.03 Å². The molecule has 0 aliphatic rings. The van der Waals surface area contributed by atoms with Gasteiger partial charge in [0.25, 0.3) is 0 Å². The van der Waals surface area contributed by atoms with Gasteiger partial charge in [-0.25, -0.2) is 0 Å². The predicted molar refractivity (Wildman–Crippen MR) is 68.5 cm³/mol. The predicted octanol–water partition coefficient (Wildman–Crippen LogP) is 2.05. The molecule has 3 nitrogen and oxygen atoms in total. The lowest BCUT2D eigenvalue weighted by Gasteiger charge is -2.06. The van der Waals surface area contributed by atoms with E-state index in [0.717, 1.165) is 5.69 Å². The number of nitrogens with one attached hydrogen (secondary N) is 1. The zero-order valence-electron chi connectivity index (χ0n) is 7.77. The summed E-state index contributed by atoms with van der Waals surface area (Å²) in [5.74, 6) is 0. The van der Waals surface area contributed by atoms with Crippen LogP contribution in [0.1, 0.15) is 0 Å². The zero-order valence-corrected chi connectivity index (χ0v) is 9.48. The molecule has 1 aromatic carbocycles. The van der Waals surface area contributed by atoms with E-state index < -0.39 is 0 Å². The van der Waals surface area contributed by atoms with Crippen LogP contribution >= 0.6 is 24.8 Å². The average Bonchev–Trinajstić information content (AvgIpc) is 2.19.